The van der Waals surface area contributed by atoms with Crippen LogP contribution in [0.3, 0.4) is 0 Å². The fourth-order valence-corrected chi connectivity index (χ4v) is 3.49. The molecule has 0 radical (unpaired) electrons. The number of para-hydroxylation sites is 1. The lowest BCUT2D eigenvalue weighted by Crippen LogP contribution is -2.52. The van der Waals surface area contributed by atoms with E-state index in [0.717, 1.165) is 31.4 Å². The molecule has 158 valence electrons. The third-order valence-electron chi connectivity index (χ3n) is 5.01. The number of urea groups is 1. The summed E-state index contributed by atoms with van der Waals surface area (Å²) >= 11 is 0. The zero-order chi connectivity index (χ0) is 20.6. The van der Waals surface area contributed by atoms with Gasteiger partial charge in [-0.05, 0) is 37.8 Å². The molecule has 1 saturated heterocycles. The zero-order valence-electron chi connectivity index (χ0n) is 16.6. The molecule has 2 amide bonds. The van der Waals surface area contributed by atoms with E-state index < -0.39 is 18.0 Å². The number of aliphatic hydroxyl groups excluding tert-OH is 1. The number of carbonyl (C=O) groups excluding carboxylic acids is 1. The first-order valence-corrected chi connectivity index (χ1v) is 10.1. The Kier molecular flexibility index (Phi) is 7.54. The summed E-state index contributed by atoms with van der Waals surface area (Å²) in [5, 5.41) is 23.2. The molecule has 0 aliphatic carbocycles. The van der Waals surface area contributed by atoms with Gasteiger partial charge < -0.3 is 20.5 Å². The van der Waals surface area contributed by atoms with Crippen LogP contribution < -0.4 is 10.6 Å². The van der Waals surface area contributed by atoms with Gasteiger partial charge >= 0.3 is 6.03 Å². The second-order valence-corrected chi connectivity index (χ2v) is 7.25. The van der Waals surface area contributed by atoms with Gasteiger partial charge in [-0.2, -0.15) is 0 Å². The molecule has 1 aliphatic heterocycles. The van der Waals surface area contributed by atoms with Crippen LogP contribution >= 0.6 is 0 Å². The minimum absolute atomic E-state index is 0.0290. The molecule has 2 heterocycles. The van der Waals surface area contributed by atoms with E-state index in [4.69, 9.17) is 4.74 Å². The number of hydrogen-bond donors (Lipinski definition) is 3. The molecule has 1 aromatic carbocycles. The van der Waals surface area contributed by atoms with E-state index >= 15 is 0 Å². The zero-order valence-corrected chi connectivity index (χ0v) is 16.6. The first kappa shape index (κ1) is 21.2. The average molecular weight is 405 g/mol. The number of benzene rings is 1. The molecule has 3 rings (SSSR count). The number of rotatable bonds is 8. The van der Waals surface area contributed by atoms with Crippen LogP contribution in [0.5, 0.6) is 0 Å². The van der Waals surface area contributed by atoms with Gasteiger partial charge in [0, 0.05) is 12.7 Å². The number of aromatic nitrogens is 3. The predicted molar refractivity (Wildman–Crippen MR) is 106 cm³/mol. The highest BCUT2D eigenvalue weighted by molar-refractivity contribution is 5.89. The van der Waals surface area contributed by atoms with Crippen LogP contribution in [0.4, 0.5) is 14.9 Å². The van der Waals surface area contributed by atoms with E-state index in [1.54, 1.807) is 12.1 Å². The van der Waals surface area contributed by atoms with Gasteiger partial charge in [-0.25, -0.2) is 9.18 Å². The highest BCUT2D eigenvalue weighted by Crippen LogP contribution is 2.23. The third kappa shape index (κ3) is 5.98. The standard InChI is InChI=1S/C20H28FN5O3/c1-2-5-14-12-26(25-24-14)11-10-15-8-9-18(19(13-27)29-15)23-20(28)22-17-7-4-3-6-16(17)21/h3-4,6-7,12,15,18-19,27H,2,5,8-11,13H2,1H3,(H2,22,23,28)/t15-,18+,19-/m1/s1. The number of hydrogen-bond acceptors (Lipinski definition) is 5. The molecule has 1 aromatic heterocycles. The average Bonchev–Trinajstić information content (AvgIpc) is 3.17. The van der Waals surface area contributed by atoms with Crippen molar-refractivity contribution in [3.63, 3.8) is 0 Å². The summed E-state index contributed by atoms with van der Waals surface area (Å²) in [6.07, 6.45) is 5.52. The third-order valence-corrected chi connectivity index (χ3v) is 5.01. The van der Waals surface area contributed by atoms with E-state index in [-0.39, 0.29) is 24.4 Å². The summed E-state index contributed by atoms with van der Waals surface area (Å²) in [7, 11) is 0. The number of amides is 2. The number of aliphatic hydroxyl groups is 1. The quantitative estimate of drug-likeness (QED) is 0.626. The van der Waals surface area contributed by atoms with Crippen LogP contribution in [0.25, 0.3) is 0 Å². The van der Waals surface area contributed by atoms with E-state index in [1.807, 2.05) is 10.9 Å². The van der Waals surface area contributed by atoms with Crippen molar-refractivity contribution >= 4 is 11.7 Å². The lowest BCUT2D eigenvalue weighted by atomic mass is 9.97. The highest BCUT2D eigenvalue weighted by Gasteiger charge is 2.32. The van der Waals surface area contributed by atoms with Crippen LogP contribution in [-0.4, -0.2) is 51.0 Å². The van der Waals surface area contributed by atoms with E-state index in [1.165, 1.54) is 12.1 Å². The molecule has 0 spiro atoms. The lowest BCUT2D eigenvalue weighted by molar-refractivity contribution is -0.0905. The Morgan fingerprint density at radius 2 is 2.21 bits per heavy atom. The van der Waals surface area contributed by atoms with Crippen molar-refractivity contribution in [3.05, 3.63) is 42.0 Å². The van der Waals surface area contributed by atoms with Crippen molar-refractivity contribution in [2.75, 3.05) is 11.9 Å². The number of halogens is 1. The topological polar surface area (TPSA) is 101 Å². The Balaban J connectivity index is 1.47. The molecule has 1 fully saturated rings. The van der Waals surface area contributed by atoms with Crippen LogP contribution in [0.15, 0.2) is 30.5 Å². The van der Waals surface area contributed by atoms with Gasteiger partial charge in [0.2, 0.25) is 0 Å². The van der Waals surface area contributed by atoms with Crippen molar-refractivity contribution in [2.45, 2.75) is 63.8 Å². The fraction of sp³-hybridized carbons (Fsp3) is 0.550. The highest BCUT2D eigenvalue weighted by atomic mass is 19.1. The van der Waals surface area contributed by atoms with Gasteiger partial charge in [0.15, 0.2) is 0 Å². The molecule has 0 unspecified atom stereocenters. The van der Waals surface area contributed by atoms with E-state index in [9.17, 15) is 14.3 Å². The minimum Gasteiger partial charge on any atom is -0.394 e. The van der Waals surface area contributed by atoms with Gasteiger partial charge in [0.1, 0.15) is 11.9 Å². The smallest absolute Gasteiger partial charge is 0.319 e. The molecular weight excluding hydrogens is 377 g/mol. The molecule has 9 heteroatoms. The number of carbonyl (C=O) groups is 1. The molecule has 3 atom stereocenters. The monoisotopic (exact) mass is 405 g/mol. The van der Waals surface area contributed by atoms with Crippen molar-refractivity contribution < 1.29 is 19.0 Å². The van der Waals surface area contributed by atoms with E-state index in [2.05, 4.69) is 27.9 Å². The minimum atomic E-state index is -0.522. The maximum Gasteiger partial charge on any atom is 0.319 e. The molecule has 1 aliphatic rings. The first-order valence-electron chi connectivity index (χ1n) is 10.1. The molecule has 8 nitrogen and oxygen atoms in total. The maximum atomic E-state index is 13.7. The van der Waals surface area contributed by atoms with Crippen LogP contribution in [0, 0.1) is 5.82 Å². The summed E-state index contributed by atoms with van der Waals surface area (Å²) in [4.78, 5) is 12.2. The SMILES string of the molecule is CCCc1cn(CC[C@H]2CC[C@H](NC(=O)Nc3ccccc3F)[C@@H](CO)O2)nn1. The molecule has 2 aromatic rings. The van der Waals surface area contributed by atoms with Gasteiger partial charge in [0.25, 0.3) is 0 Å². The number of nitrogens with zero attached hydrogens (tertiary/aromatic N) is 3. The summed E-state index contributed by atoms with van der Waals surface area (Å²) in [6.45, 7) is 2.58. The molecule has 0 saturated carbocycles. The van der Waals surface area contributed by atoms with E-state index in [0.29, 0.717) is 13.0 Å². The van der Waals surface area contributed by atoms with Crippen LogP contribution in [0.2, 0.25) is 0 Å². The number of anilines is 1. The Hall–Kier alpha value is -2.52. The maximum absolute atomic E-state index is 13.7. The summed E-state index contributed by atoms with van der Waals surface area (Å²) in [5.41, 5.74) is 1.09. The van der Waals surface area contributed by atoms with Gasteiger partial charge in [0.05, 0.1) is 30.1 Å². The second-order valence-electron chi connectivity index (χ2n) is 7.25. The largest absolute Gasteiger partial charge is 0.394 e. The first-order chi connectivity index (χ1) is 14.1. The molecule has 29 heavy (non-hydrogen) atoms. The van der Waals surface area contributed by atoms with Crippen molar-refractivity contribution in [1.82, 2.24) is 20.3 Å². The molecule has 0 bridgehead atoms. The van der Waals surface area contributed by atoms with Crippen LogP contribution in [-0.2, 0) is 17.7 Å². The number of ether oxygens (including phenoxy) is 1. The Labute approximate surface area is 169 Å². The van der Waals surface area contributed by atoms with Crippen molar-refractivity contribution in [2.24, 2.45) is 0 Å². The van der Waals surface area contributed by atoms with Gasteiger partial charge in [-0.1, -0.05) is 30.7 Å². The Morgan fingerprint density at radius 3 is 2.97 bits per heavy atom. The molecular formula is C20H28FN5O3. The molecule has 3 N–H and O–H groups in total. The number of aryl methyl sites for hydroxylation is 2. The normalized spacial score (nSPS) is 21.7. The second kappa shape index (κ2) is 10.3. The lowest BCUT2D eigenvalue weighted by Gasteiger charge is -2.36. The van der Waals surface area contributed by atoms with Gasteiger partial charge in [-0.3, -0.25) is 4.68 Å². The Bertz CT molecular complexity index is 800. The summed E-state index contributed by atoms with van der Waals surface area (Å²) in [5.74, 6) is -0.503. The Morgan fingerprint density at radius 1 is 1.38 bits per heavy atom. The summed E-state index contributed by atoms with van der Waals surface area (Å²) in [6, 6.07) is 5.10. The summed E-state index contributed by atoms with van der Waals surface area (Å²) < 4.78 is 21.5. The predicted octanol–water partition coefficient (Wildman–Crippen LogP) is 2.49. The fourth-order valence-electron chi connectivity index (χ4n) is 3.49. The van der Waals surface area contributed by atoms with Crippen LogP contribution in [0.1, 0.15) is 38.3 Å². The number of nitrogens with one attached hydrogen (secondary N) is 2. The van der Waals surface area contributed by atoms with Crippen molar-refractivity contribution in [1.29, 1.82) is 0 Å². The van der Waals surface area contributed by atoms with Crippen molar-refractivity contribution in [3.8, 4) is 0 Å². The van der Waals surface area contributed by atoms with Gasteiger partial charge in [-0.15, -0.1) is 5.10 Å².